The maximum Gasteiger partial charge on any atom is 0.233 e. The highest BCUT2D eigenvalue weighted by molar-refractivity contribution is 5.79. The molecule has 3 rings (SSSR count). The lowest BCUT2D eigenvalue weighted by molar-refractivity contribution is -0.139. The highest BCUT2D eigenvalue weighted by Gasteiger charge is 2.36. The van der Waals surface area contributed by atoms with Gasteiger partial charge < -0.3 is 9.42 Å². The van der Waals surface area contributed by atoms with Gasteiger partial charge >= 0.3 is 0 Å². The molecule has 1 amide bonds. The van der Waals surface area contributed by atoms with E-state index in [9.17, 15) is 4.79 Å². The minimum Gasteiger partial charge on any atom is -0.341 e. The first-order chi connectivity index (χ1) is 9.65. The third-order valence-corrected chi connectivity index (χ3v) is 3.27. The van der Waals surface area contributed by atoms with Crippen LogP contribution in [0.4, 0.5) is 0 Å². The Kier molecular flexibility index (Phi) is 3.17. The van der Waals surface area contributed by atoms with E-state index in [2.05, 4.69) is 20.1 Å². The lowest BCUT2D eigenvalue weighted by Crippen LogP contribution is -2.50. The van der Waals surface area contributed by atoms with Crippen molar-refractivity contribution in [3.8, 4) is 11.5 Å². The number of nitrogens with zero attached hydrogens (tertiary/aromatic N) is 5. The topological polar surface area (TPSA) is 85.0 Å². The van der Waals surface area contributed by atoms with Gasteiger partial charge in [0.15, 0.2) is 0 Å². The van der Waals surface area contributed by atoms with Gasteiger partial charge in [-0.05, 0) is 0 Å². The van der Waals surface area contributed by atoms with Gasteiger partial charge in [-0.1, -0.05) is 19.0 Å². The largest absolute Gasteiger partial charge is 0.341 e. The number of amides is 1. The highest BCUT2D eigenvalue weighted by atomic mass is 16.5. The minimum absolute atomic E-state index is 0.0220. The number of hydrogen-bond acceptors (Lipinski definition) is 6. The smallest absolute Gasteiger partial charge is 0.233 e. The summed E-state index contributed by atoms with van der Waals surface area (Å²) in [5.41, 5.74) is 0.580. The molecule has 0 N–H and O–H groups in total. The Labute approximate surface area is 116 Å². The summed E-state index contributed by atoms with van der Waals surface area (Å²) in [5, 5.41) is 3.90. The van der Waals surface area contributed by atoms with Gasteiger partial charge in [-0.2, -0.15) is 4.98 Å². The fraction of sp³-hybridized carbons (Fsp3) is 0.462. The summed E-state index contributed by atoms with van der Waals surface area (Å²) in [6.45, 7) is 5.07. The lowest BCUT2D eigenvalue weighted by atomic mass is 9.98. The second kappa shape index (κ2) is 4.99. The fourth-order valence-corrected chi connectivity index (χ4v) is 2.10. The standard InChI is InChI=1S/C13H15N5O2/c1-8(2)13(19)18-6-9(7-18)12-16-11(17-20-12)10-5-14-3-4-15-10/h3-5,8-9H,6-7H2,1-2H3. The first kappa shape index (κ1) is 12.7. The molecule has 1 aliphatic rings. The van der Waals surface area contributed by atoms with Gasteiger partial charge in [0.25, 0.3) is 0 Å². The molecule has 1 saturated heterocycles. The second-order valence-corrected chi connectivity index (χ2v) is 5.14. The van der Waals surface area contributed by atoms with Crippen molar-refractivity contribution in [1.82, 2.24) is 25.0 Å². The molecule has 0 bridgehead atoms. The van der Waals surface area contributed by atoms with Gasteiger partial charge in [-0.15, -0.1) is 0 Å². The van der Waals surface area contributed by atoms with Crippen LogP contribution in [0.15, 0.2) is 23.1 Å². The van der Waals surface area contributed by atoms with Gasteiger partial charge in [0.2, 0.25) is 17.6 Å². The van der Waals surface area contributed by atoms with E-state index in [-0.39, 0.29) is 17.7 Å². The fourth-order valence-electron chi connectivity index (χ4n) is 2.10. The molecule has 7 nitrogen and oxygen atoms in total. The first-order valence-electron chi connectivity index (χ1n) is 6.54. The molecule has 20 heavy (non-hydrogen) atoms. The summed E-state index contributed by atoms with van der Waals surface area (Å²) in [6.07, 6.45) is 4.76. The summed E-state index contributed by atoms with van der Waals surface area (Å²) in [4.78, 5) is 26.0. The van der Waals surface area contributed by atoms with Crippen LogP contribution in [0, 0.1) is 5.92 Å². The van der Waals surface area contributed by atoms with Crippen molar-refractivity contribution in [1.29, 1.82) is 0 Å². The molecular weight excluding hydrogens is 258 g/mol. The zero-order valence-electron chi connectivity index (χ0n) is 11.4. The van der Waals surface area contributed by atoms with Crippen LogP contribution in [0.5, 0.6) is 0 Å². The Hall–Kier alpha value is -2.31. The first-order valence-corrected chi connectivity index (χ1v) is 6.54. The van der Waals surface area contributed by atoms with Crippen LogP contribution >= 0.6 is 0 Å². The van der Waals surface area contributed by atoms with Crippen LogP contribution in [0.25, 0.3) is 11.5 Å². The van der Waals surface area contributed by atoms with Crippen molar-refractivity contribution >= 4 is 5.91 Å². The molecule has 1 aliphatic heterocycles. The molecular formula is C13H15N5O2. The van der Waals surface area contributed by atoms with E-state index in [1.165, 1.54) is 0 Å². The van der Waals surface area contributed by atoms with Crippen LogP contribution in [0.2, 0.25) is 0 Å². The van der Waals surface area contributed by atoms with Crippen LogP contribution < -0.4 is 0 Å². The van der Waals surface area contributed by atoms with Crippen molar-refractivity contribution in [2.24, 2.45) is 5.92 Å². The molecule has 0 unspecified atom stereocenters. The van der Waals surface area contributed by atoms with Crippen molar-refractivity contribution in [3.05, 3.63) is 24.5 Å². The summed E-state index contributed by atoms with van der Waals surface area (Å²) >= 11 is 0. The Morgan fingerprint density at radius 1 is 1.40 bits per heavy atom. The summed E-state index contributed by atoms with van der Waals surface area (Å²) in [7, 11) is 0. The predicted molar refractivity (Wildman–Crippen MR) is 69.5 cm³/mol. The summed E-state index contributed by atoms with van der Waals surface area (Å²) in [5.74, 6) is 1.29. The molecule has 104 valence electrons. The number of carbonyl (C=O) groups excluding carboxylic acids is 1. The van der Waals surface area contributed by atoms with E-state index >= 15 is 0 Å². The second-order valence-electron chi connectivity index (χ2n) is 5.14. The van der Waals surface area contributed by atoms with Gasteiger partial charge in [-0.3, -0.25) is 9.78 Å². The predicted octanol–water partition coefficient (Wildman–Crippen LogP) is 1.11. The number of hydrogen-bond donors (Lipinski definition) is 0. The number of likely N-dealkylation sites (tertiary alicyclic amines) is 1. The van der Waals surface area contributed by atoms with E-state index < -0.39 is 0 Å². The molecule has 1 fully saturated rings. The monoisotopic (exact) mass is 273 g/mol. The number of aromatic nitrogens is 4. The van der Waals surface area contributed by atoms with E-state index in [1.807, 2.05) is 18.7 Å². The Morgan fingerprint density at radius 2 is 2.20 bits per heavy atom. The zero-order chi connectivity index (χ0) is 14.1. The van der Waals surface area contributed by atoms with Gasteiger partial charge in [0, 0.05) is 31.4 Å². The SMILES string of the molecule is CC(C)C(=O)N1CC(c2nc(-c3cnccn3)no2)C1. The molecule has 0 radical (unpaired) electrons. The van der Waals surface area contributed by atoms with Crippen molar-refractivity contribution < 1.29 is 9.32 Å². The van der Waals surface area contributed by atoms with Crippen LogP contribution in [0.3, 0.4) is 0 Å². The normalized spacial score (nSPS) is 15.4. The third-order valence-electron chi connectivity index (χ3n) is 3.27. The van der Waals surface area contributed by atoms with E-state index in [4.69, 9.17) is 4.52 Å². The molecule has 0 spiro atoms. The lowest BCUT2D eigenvalue weighted by Gasteiger charge is -2.38. The third kappa shape index (κ3) is 2.26. The number of rotatable bonds is 3. The molecule has 0 aliphatic carbocycles. The maximum absolute atomic E-state index is 11.8. The van der Waals surface area contributed by atoms with Gasteiger partial charge in [0.1, 0.15) is 5.69 Å². The van der Waals surface area contributed by atoms with Crippen LogP contribution in [-0.4, -0.2) is 44.0 Å². The molecule has 0 atom stereocenters. The Morgan fingerprint density at radius 3 is 2.85 bits per heavy atom. The van der Waals surface area contributed by atoms with Crippen molar-refractivity contribution in [3.63, 3.8) is 0 Å². The van der Waals surface area contributed by atoms with Crippen LogP contribution in [-0.2, 0) is 4.79 Å². The zero-order valence-corrected chi connectivity index (χ0v) is 11.4. The molecule has 7 heteroatoms. The molecule has 3 heterocycles. The van der Waals surface area contributed by atoms with E-state index in [0.717, 1.165) is 0 Å². The minimum atomic E-state index is 0.0220. The summed E-state index contributed by atoms with van der Waals surface area (Å²) in [6, 6.07) is 0. The molecule has 2 aromatic rings. The van der Waals surface area contributed by atoms with Crippen molar-refractivity contribution in [2.75, 3.05) is 13.1 Å². The molecule has 0 saturated carbocycles. The van der Waals surface area contributed by atoms with Gasteiger partial charge in [-0.25, -0.2) is 4.98 Å². The van der Waals surface area contributed by atoms with E-state index in [1.54, 1.807) is 18.6 Å². The Balaban J connectivity index is 1.67. The van der Waals surface area contributed by atoms with E-state index in [0.29, 0.717) is 30.5 Å². The average Bonchev–Trinajstić information content (AvgIpc) is 2.87. The maximum atomic E-state index is 11.8. The Bertz CT molecular complexity index is 604. The molecule has 0 aromatic carbocycles. The van der Waals surface area contributed by atoms with Crippen LogP contribution in [0.1, 0.15) is 25.7 Å². The quantitative estimate of drug-likeness (QED) is 0.832. The average molecular weight is 273 g/mol. The number of carbonyl (C=O) groups is 1. The van der Waals surface area contributed by atoms with Crippen molar-refractivity contribution in [2.45, 2.75) is 19.8 Å². The van der Waals surface area contributed by atoms with Gasteiger partial charge in [0.05, 0.1) is 12.1 Å². The summed E-state index contributed by atoms with van der Waals surface area (Å²) < 4.78 is 5.24. The highest BCUT2D eigenvalue weighted by Crippen LogP contribution is 2.28. The molecule has 2 aromatic heterocycles.